The van der Waals surface area contributed by atoms with Gasteiger partial charge in [-0.25, -0.2) is 0 Å². The van der Waals surface area contributed by atoms with Gasteiger partial charge in [-0.15, -0.1) is 0 Å². The van der Waals surface area contributed by atoms with Crippen molar-refractivity contribution in [3.05, 3.63) is 34.4 Å². The minimum absolute atomic E-state index is 0.369. The molecule has 0 saturated carbocycles. The number of alkyl halides is 1. The molecule has 0 aromatic rings. The van der Waals surface area contributed by atoms with Crippen LogP contribution in [0.3, 0.4) is 0 Å². The Labute approximate surface area is 82.6 Å². The van der Waals surface area contributed by atoms with Gasteiger partial charge < -0.3 is 0 Å². The van der Waals surface area contributed by atoms with E-state index in [1.54, 1.807) is 18.2 Å². The van der Waals surface area contributed by atoms with Crippen LogP contribution in [0.2, 0.25) is 0 Å². The topological polar surface area (TPSA) is 55.7 Å². The molecule has 1 fully saturated rings. The van der Waals surface area contributed by atoms with Gasteiger partial charge in [0.1, 0.15) is 0 Å². The number of nitro groups is 1. The highest BCUT2D eigenvalue weighted by atomic mass is 127. The van der Waals surface area contributed by atoms with E-state index in [0.717, 1.165) is 0 Å². The van der Waals surface area contributed by atoms with Gasteiger partial charge in [0.05, 0.1) is 4.92 Å². The molecule has 1 saturated heterocycles. The summed E-state index contributed by atoms with van der Waals surface area (Å²) < 4.78 is 5.79. The molecule has 0 radical (unpaired) electrons. The fourth-order valence-corrected chi connectivity index (χ4v) is 2.35. The summed E-state index contributed by atoms with van der Waals surface area (Å²) in [5, 5.41) is 10.7. The summed E-state index contributed by atoms with van der Waals surface area (Å²) in [4.78, 5) is 10.3. The largest absolute Gasteiger partial charge is 0.379 e. The van der Waals surface area contributed by atoms with Crippen molar-refractivity contribution in [2.75, 3.05) is 4.43 Å². The van der Waals surface area contributed by atoms with E-state index in [1.165, 1.54) is 6.08 Å². The molecule has 4 nitrogen and oxygen atoms in total. The quantitative estimate of drug-likeness (QED) is 0.251. The molecular formula is C7H6INO3. The van der Waals surface area contributed by atoms with Crippen molar-refractivity contribution in [3.8, 4) is 0 Å². The van der Waals surface area contributed by atoms with Crippen LogP contribution >= 0.6 is 22.6 Å². The first-order valence-electron chi connectivity index (χ1n) is 3.45. The van der Waals surface area contributed by atoms with E-state index in [-0.39, 0.29) is 4.92 Å². The Bertz CT molecular complexity index is 301. The van der Waals surface area contributed by atoms with Gasteiger partial charge in [-0.3, -0.25) is 14.9 Å². The summed E-state index contributed by atoms with van der Waals surface area (Å²) in [5.41, 5.74) is -1.94. The third-order valence-corrected chi connectivity index (χ3v) is 3.30. The summed E-state index contributed by atoms with van der Waals surface area (Å²) in [6, 6.07) is 0. The molecule has 2 rings (SSSR count). The average molecular weight is 279 g/mol. The van der Waals surface area contributed by atoms with Gasteiger partial charge in [-0.05, 0) is 6.08 Å². The lowest BCUT2D eigenvalue weighted by Gasteiger charge is -2.06. The second kappa shape index (κ2) is 2.29. The lowest BCUT2D eigenvalue weighted by molar-refractivity contribution is -0.549. The number of nitrogens with zero attached hydrogens (tertiary/aromatic N) is 1. The van der Waals surface area contributed by atoms with Gasteiger partial charge in [0, 0.05) is 10.5 Å². The first kappa shape index (κ1) is 8.18. The Hall–Kier alpha value is -0.430. The van der Waals surface area contributed by atoms with Crippen LogP contribution in [-0.4, -0.2) is 20.7 Å². The number of hydrogen-bond acceptors (Lipinski definition) is 3. The predicted molar refractivity (Wildman–Crippen MR) is 50.7 cm³/mol. The van der Waals surface area contributed by atoms with Gasteiger partial charge in [0.25, 0.3) is 0 Å². The molecule has 2 aliphatic rings. The second-order valence-corrected chi connectivity index (χ2v) is 3.56. The molecule has 0 aromatic carbocycles. The summed E-state index contributed by atoms with van der Waals surface area (Å²) >= 11 is 2.09. The van der Waals surface area contributed by atoms with Crippen LogP contribution in [0.1, 0.15) is 0 Å². The van der Waals surface area contributed by atoms with E-state index in [1.807, 2.05) is 0 Å². The molecule has 64 valence electrons. The van der Waals surface area contributed by atoms with Gasteiger partial charge >= 0.3 is 5.72 Å². The zero-order valence-corrected chi connectivity index (χ0v) is 8.22. The molecule has 0 bridgehead atoms. The Kier molecular flexibility index (Phi) is 1.56. The van der Waals surface area contributed by atoms with Crippen molar-refractivity contribution in [1.29, 1.82) is 0 Å². The predicted octanol–water partition coefficient (Wildman–Crippen LogP) is 1.29. The minimum atomic E-state index is -1.26. The fraction of sp³-hybridized carbons (Fsp3) is 0.429. The molecule has 0 amide bonds. The average Bonchev–Trinajstić information content (AvgIpc) is 2.75. The maximum Gasteiger partial charge on any atom is 0.379 e. The van der Waals surface area contributed by atoms with Crippen molar-refractivity contribution >= 4 is 22.6 Å². The molecule has 12 heavy (non-hydrogen) atoms. The number of hydrogen-bond donors (Lipinski definition) is 0. The van der Waals surface area contributed by atoms with E-state index in [4.69, 9.17) is 4.74 Å². The molecule has 0 spiro atoms. The first-order chi connectivity index (χ1) is 5.67. The van der Waals surface area contributed by atoms with Crippen LogP contribution in [0.5, 0.6) is 0 Å². The van der Waals surface area contributed by atoms with Crippen molar-refractivity contribution in [3.63, 3.8) is 0 Å². The van der Waals surface area contributed by atoms with E-state index in [2.05, 4.69) is 22.6 Å². The van der Waals surface area contributed by atoms with E-state index in [0.29, 0.717) is 4.43 Å². The van der Waals surface area contributed by atoms with Crippen LogP contribution in [0.4, 0.5) is 0 Å². The number of halogens is 1. The van der Waals surface area contributed by atoms with Crippen molar-refractivity contribution in [2.45, 2.75) is 11.3 Å². The Balaban J connectivity index is 2.38. The molecule has 1 heterocycles. The summed E-state index contributed by atoms with van der Waals surface area (Å²) in [7, 11) is 0. The zero-order chi connectivity index (χ0) is 8.82. The van der Waals surface area contributed by atoms with Crippen LogP contribution < -0.4 is 0 Å². The standard InChI is InChI=1S/C7H6INO3/c8-5-6-3-1-2-4-7(6,12-6)9(10)11/h1-4H,5H2. The summed E-state index contributed by atoms with van der Waals surface area (Å²) in [6.45, 7) is 0. The monoisotopic (exact) mass is 279 g/mol. The highest BCUT2D eigenvalue weighted by Gasteiger charge is 2.78. The van der Waals surface area contributed by atoms with Crippen LogP contribution in [0.25, 0.3) is 0 Å². The zero-order valence-electron chi connectivity index (χ0n) is 6.07. The molecule has 2 unspecified atom stereocenters. The Morgan fingerprint density at radius 1 is 1.50 bits per heavy atom. The molecule has 0 aromatic heterocycles. The van der Waals surface area contributed by atoms with Crippen LogP contribution in [0.15, 0.2) is 24.3 Å². The summed E-state index contributed by atoms with van der Waals surface area (Å²) in [5.74, 6) is 0. The molecule has 1 aliphatic carbocycles. The number of epoxide rings is 1. The first-order valence-corrected chi connectivity index (χ1v) is 4.97. The second-order valence-electron chi connectivity index (χ2n) is 2.80. The fourth-order valence-electron chi connectivity index (χ4n) is 1.40. The summed E-state index contributed by atoms with van der Waals surface area (Å²) in [6.07, 6.45) is 6.70. The molecule has 0 N–H and O–H groups in total. The Morgan fingerprint density at radius 3 is 2.67 bits per heavy atom. The lowest BCUT2D eigenvalue weighted by atomic mass is 9.98. The third-order valence-electron chi connectivity index (χ3n) is 2.17. The number of allylic oxidation sites excluding steroid dienone is 2. The number of fused-ring (bicyclic) bond motifs is 1. The highest BCUT2D eigenvalue weighted by molar-refractivity contribution is 14.1. The lowest BCUT2D eigenvalue weighted by Crippen LogP contribution is -2.32. The smallest absolute Gasteiger partial charge is 0.286 e. The molecule has 1 aliphatic heterocycles. The van der Waals surface area contributed by atoms with Gasteiger partial charge in [0.2, 0.25) is 5.60 Å². The maximum atomic E-state index is 10.7. The normalized spacial score (nSPS) is 42.4. The Morgan fingerprint density at radius 2 is 2.17 bits per heavy atom. The molecule has 5 heteroatoms. The highest BCUT2D eigenvalue weighted by Crippen LogP contribution is 2.53. The number of ether oxygens (including phenoxy) is 1. The van der Waals surface area contributed by atoms with Crippen molar-refractivity contribution in [2.24, 2.45) is 0 Å². The minimum Gasteiger partial charge on any atom is -0.286 e. The van der Waals surface area contributed by atoms with Crippen LogP contribution in [0, 0.1) is 10.1 Å². The van der Waals surface area contributed by atoms with Crippen molar-refractivity contribution in [1.82, 2.24) is 0 Å². The van der Waals surface area contributed by atoms with E-state index >= 15 is 0 Å². The van der Waals surface area contributed by atoms with Gasteiger partial charge in [-0.1, -0.05) is 34.7 Å². The SMILES string of the molecule is O=[N+]([O-])C12C=CC=CC1(CI)O2. The third kappa shape index (κ3) is 0.752. The number of rotatable bonds is 2. The maximum absolute atomic E-state index is 10.7. The van der Waals surface area contributed by atoms with Gasteiger partial charge in [-0.2, -0.15) is 0 Å². The van der Waals surface area contributed by atoms with Crippen LogP contribution in [-0.2, 0) is 4.74 Å². The van der Waals surface area contributed by atoms with E-state index < -0.39 is 11.3 Å². The molecule has 2 atom stereocenters. The van der Waals surface area contributed by atoms with Gasteiger partial charge in [0.15, 0.2) is 0 Å². The van der Waals surface area contributed by atoms with Crippen molar-refractivity contribution < 1.29 is 9.66 Å². The van der Waals surface area contributed by atoms with E-state index in [9.17, 15) is 10.1 Å². The molecular weight excluding hydrogens is 273 g/mol.